The first-order valence-corrected chi connectivity index (χ1v) is 16.3. The smallest absolute Gasteiger partial charge is 0.407 e. The molecule has 5 rings (SSSR count). The van der Waals surface area contributed by atoms with Gasteiger partial charge in [0, 0.05) is 47.3 Å². The minimum Gasteiger partial charge on any atom is -0.489 e. The molecule has 2 aromatic heterocycles. The molecule has 0 atom stereocenters. The molecular formula is C38H46N4O6. The lowest BCUT2D eigenvalue weighted by Gasteiger charge is -2.19. The predicted molar refractivity (Wildman–Crippen MR) is 188 cm³/mol. The maximum absolute atomic E-state index is 12.0. The molecule has 0 aliphatic heterocycles. The molecule has 0 aliphatic carbocycles. The van der Waals surface area contributed by atoms with Gasteiger partial charge >= 0.3 is 12.2 Å². The van der Waals surface area contributed by atoms with Gasteiger partial charge in [-0.05, 0) is 119 Å². The van der Waals surface area contributed by atoms with Crippen molar-refractivity contribution in [1.29, 1.82) is 0 Å². The molecule has 3 aromatic carbocycles. The van der Waals surface area contributed by atoms with Crippen LogP contribution in [-0.2, 0) is 35.5 Å². The minimum absolute atomic E-state index is 0.412. The van der Waals surface area contributed by atoms with Gasteiger partial charge in [0.05, 0.1) is 0 Å². The van der Waals surface area contributed by atoms with Crippen LogP contribution in [0.1, 0.15) is 63.8 Å². The molecule has 0 aliphatic rings. The summed E-state index contributed by atoms with van der Waals surface area (Å²) in [7, 11) is 0. The van der Waals surface area contributed by atoms with E-state index in [0.717, 1.165) is 55.6 Å². The van der Waals surface area contributed by atoms with Gasteiger partial charge < -0.3 is 39.5 Å². The Kier molecular flexibility index (Phi) is 10.5. The van der Waals surface area contributed by atoms with E-state index in [2.05, 4.69) is 26.7 Å². The lowest BCUT2D eigenvalue weighted by atomic mass is 10.1. The normalized spacial score (nSPS) is 11.8. The van der Waals surface area contributed by atoms with Gasteiger partial charge in [0.25, 0.3) is 0 Å². The molecular weight excluding hydrogens is 608 g/mol. The maximum Gasteiger partial charge on any atom is 0.407 e. The Morgan fingerprint density at radius 2 is 1.06 bits per heavy atom. The summed E-state index contributed by atoms with van der Waals surface area (Å²) in [6.45, 7) is 12.8. The van der Waals surface area contributed by atoms with Gasteiger partial charge in [-0.2, -0.15) is 0 Å². The molecule has 0 fully saturated rings. The Morgan fingerprint density at radius 3 is 1.48 bits per heavy atom. The number of hydrogen-bond donors (Lipinski definition) is 4. The molecule has 0 bridgehead atoms. The summed E-state index contributed by atoms with van der Waals surface area (Å²) in [5.41, 5.74) is 5.21. The zero-order chi connectivity index (χ0) is 34.3. The summed E-state index contributed by atoms with van der Waals surface area (Å²) < 4.78 is 23.0. The molecule has 5 aromatic rings. The maximum atomic E-state index is 12.0. The number of carbonyl (C=O) groups is 2. The van der Waals surface area contributed by atoms with Crippen molar-refractivity contribution in [3.05, 3.63) is 95.3 Å². The summed E-state index contributed by atoms with van der Waals surface area (Å²) in [6.07, 6.45) is 4.41. The number of alkyl carbamates (subject to hydrolysis) is 2. The highest BCUT2D eigenvalue weighted by Gasteiger charge is 2.17. The monoisotopic (exact) mass is 654 g/mol. The average molecular weight is 655 g/mol. The van der Waals surface area contributed by atoms with Gasteiger partial charge in [-0.3, -0.25) is 0 Å². The van der Waals surface area contributed by atoms with E-state index < -0.39 is 23.4 Å². The van der Waals surface area contributed by atoms with Crippen molar-refractivity contribution < 1.29 is 28.5 Å². The van der Waals surface area contributed by atoms with E-state index in [4.69, 9.17) is 18.9 Å². The lowest BCUT2D eigenvalue weighted by Crippen LogP contribution is -2.33. The van der Waals surface area contributed by atoms with E-state index in [1.54, 1.807) is 0 Å². The standard InChI is InChI=1S/C38H46N4O6/c1-37(2,3)47-35(43)39-16-14-27-21-41-33-12-10-29(19-31(27)33)45-23-25-8-7-9-26(18-25)24-46-30-11-13-34-32(20-30)28(22-42-34)15-17-40-36(44)48-38(4,5)6/h7-13,18-22,41-42H,14-17,23-24H2,1-6H3,(H,39,43)(H,40,44). The number of aromatic amines is 2. The number of rotatable bonds is 12. The zero-order valence-corrected chi connectivity index (χ0v) is 28.6. The third kappa shape index (κ3) is 9.94. The quantitative estimate of drug-likeness (QED) is 0.108. The first-order chi connectivity index (χ1) is 22.8. The van der Waals surface area contributed by atoms with Crippen molar-refractivity contribution in [3.63, 3.8) is 0 Å². The van der Waals surface area contributed by atoms with Crippen molar-refractivity contribution in [1.82, 2.24) is 20.6 Å². The number of fused-ring (bicyclic) bond motifs is 2. The van der Waals surface area contributed by atoms with Gasteiger partial charge in [-0.15, -0.1) is 0 Å². The number of ether oxygens (including phenoxy) is 4. The Morgan fingerprint density at radius 1 is 0.625 bits per heavy atom. The molecule has 0 unspecified atom stereocenters. The van der Waals surface area contributed by atoms with Crippen molar-refractivity contribution in [2.75, 3.05) is 13.1 Å². The Bertz CT molecular complexity index is 1730. The van der Waals surface area contributed by atoms with E-state index in [0.29, 0.717) is 39.1 Å². The molecule has 0 saturated carbocycles. The number of nitrogens with one attached hydrogen (secondary N) is 4. The Balaban J connectivity index is 1.13. The van der Waals surface area contributed by atoms with Gasteiger partial charge in [0.15, 0.2) is 0 Å². The van der Waals surface area contributed by atoms with Crippen molar-refractivity contribution in [3.8, 4) is 11.5 Å². The minimum atomic E-state index is -0.530. The third-order valence-corrected chi connectivity index (χ3v) is 7.41. The largest absolute Gasteiger partial charge is 0.489 e. The first-order valence-electron chi connectivity index (χ1n) is 16.3. The van der Waals surface area contributed by atoms with Gasteiger partial charge in [0.2, 0.25) is 0 Å². The van der Waals surface area contributed by atoms with Crippen LogP contribution in [0.3, 0.4) is 0 Å². The molecule has 0 saturated heterocycles. The molecule has 254 valence electrons. The van der Waals surface area contributed by atoms with E-state index in [1.165, 1.54) is 0 Å². The first kappa shape index (κ1) is 34.2. The second-order valence-corrected chi connectivity index (χ2v) is 13.8. The van der Waals surface area contributed by atoms with Crippen molar-refractivity contribution in [2.45, 2.75) is 78.8 Å². The molecule has 4 N–H and O–H groups in total. The fourth-order valence-corrected chi connectivity index (χ4v) is 5.28. The van der Waals surface area contributed by atoms with Crippen LogP contribution in [-0.4, -0.2) is 46.4 Å². The summed E-state index contributed by atoms with van der Waals surface area (Å²) >= 11 is 0. The molecule has 0 spiro atoms. The third-order valence-electron chi connectivity index (χ3n) is 7.41. The highest BCUT2D eigenvalue weighted by atomic mass is 16.6. The zero-order valence-electron chi connectivity index (χ0n) is 28.6. The van der Waals surface area contributed by atoms with Crippen LogP contribution >= 0.6 is 0 Å². The number of benzene rings is 3. The number of carbonyl (C=O) groups excluding carboxylic acids is 2. The Labute approximate surface area is 281 Å². The van der Waals surface area contributed by atoms with Crippen LogP contribution in [0.15, 0.2) is 73.1 Å². The van der Waals surface area contributed by atoms with E-state index in [1.807, 2.05) is 109 Å². The molecule has 10 heteroatoms. The second-order valence-electron chi connectivity index (χ2n) is 13.8. The van der Waals surface area contributed by atoms with Gasteiger partial charge in [-0.25, -0.2) is 9.59 Å². The van der Waals surface area contributed by atoms with Gasteiger partial charge in [0.1, 0.15) is 35.9 Å². The number of aromatic nitrogens is 2. The molecule has 10 nitrogen and oxygen atoms in total. The molecule has 0 radical (unpaired) electrons. The van der Waals surface area contributed by atoms with E-state index in [9.17, 15) is 9.59 Å². The van der Waals surface area contributed by atoms with Crippen LogP contribution in [0.5, 0.6) is 11.5 Å². The number of H-pyrrole nitrogens is 2. The van der Waals surface area contributed by atoms with Crippen LogP contribution in [0.4, 0.5) is 9.59 Å². The Hall–Kier alpha value is -5.12. The topological polar surface area (TPSA) is 127 Å². The SMILES string of the molecule is CC(C)(C)OC(=O)NCCc1c[nH]c2ccc(OCc3cccc(COc4ccc5[nH]cc(CCNC(=O)OC(C)(C)C)c5c4)c3)cc12. The van der Waals surface area contributed by atoms with Crippen molar-refractivity contribution in [2.24, 2.45) is 0 Å². The molecule has 48 heavy (non-hydrogen) atoms. The fraction of sp³-hybridized carbons (Fsp3) is 0.368. The second kappa shape index (κ2) is 14.8. The van der Waals surface area contributed by atoms with Crippen LogP contribution < -0.4 is 20.1 Å². The predicted octanol–water partition coefficient (Wildman–Crippen LogP) is 7.94. The summed E-state index contributed by atoms with van der Waals surface area (Å²) in [4.78, 5) is 30.6. The molecule has 2 heterocycles. The summed E-state index contributed by atoms with van der Waals surface area (Å²) in [6, 6.07) is 20.1. The average Bonchev–Trinajstić information content (AvgIpc) is 3.61. The molecule has 2 amide bonds. The summed E-state index contributed by atoms with van der Waals surface area (Å²) in [5.74, 6) is 1.53. The fourth-order valence-electron chi connectivity index (χ4n) is 5.28. The van der Waals surface area contributed by atoms with Crippen LogP contribution in [0.2, 0.25) is 0 Å². The number of hydrogen-bond acceptors (Lipinski definition) is 6. The summed E-state index contributed by atoms with van der Waals surface area (Å²) in [5, 5.41) is 7.76. The lowest BCUT2D eigenvalue weighted by molar-refractivity contribution is 0.0517. The van der Waals surface area contributed by atoms with E-state index in [-0.39, 0.29) is 0 Å². The van der Waals surface area contributed by atoms with Crippen molar-refractivity contribution >= 4 is 34.0 Å². The van der Waals surface area contributed by atoms with Crippen LogP contribution in [0.25, 0.3) is 21.8 Å². The van der Waals surface area contributed by atoms with Gasteiger partial charge in [-0.1, -0.05) is 18.2 Å². The highest BCUT2D eigenvalue weighted by molar-refractivity contribution is 5.85. The van der Waals surface area contributed by atoms with Crippen LogP contribution in [0, 0.1) is 0 Å². The van der Waals surface area contributed by atoms with E-state index >= 15 is 0 Å². The highest BCUT2D eigenvalue weighted by Crippen LogP contribution is 2.26. The number of amides is 2.